The molecule has 1 aromatic carbocycles. The van der Waals surface area contributed by atoms with Crippen molar-refractivity contribution in [3.63, 3.8) is 0 Å². The predicted molar refractivity (Wildman–Crippen MR) is 89.6 cm³/mol. The van der Waals surface area contributed by atoms with Crippen LogP contribution in [0.15, 0.2) is 53.6 Å². The largest absolute Gasteiger partial charge is 0.350 e. The lowest BCUT2D eigenvalue weighted by molar-refractivity contribution is 0.0766. The molecule has 0 saturated carbocycles. The summed E-state index contributed by atoms with van der Waals surface area (Å²) in [6.45, 7) is 4.01. The van der Waals surface area contributed by atoms with Gasteiger partial charge in [-0.3, -0.25) is 9.59 Å². The molecular weight excluding hydrogens is 290 g/mol. The van der Waals surface area contributed by atoms with E-state index in [1.54, 1.807) is 24.5 Å². The number of benzene rings is 1. The van der Waals surface area contributed by atoms with Crippen LogP contribution in [-0.2, 0) is 6.54 Å². The zero-order chi connectivity index (χ0) is 16.1. The normalized spacial score (nSPS) is 15.2. The molecule has 0 spiro atoms. The summed E-state index contributed by atoms with van der Waals surface area (Å²) in [5.41, 5.74) is 1.78. The van der Waals surface area contributed by atoms with Crippen molar-refractivity contribution in [3.8, 4) is 0 Å². The summed E-state index contributed by atoms with van der Waals surface area (Å²) in [6, 6.07) is 10.8. The van der Waals surface area contributed by atoms with E-state index >= 15 is 0 Å². The Balaban J connectivity index is 1.74. The lowest BCUT2D eigenvalue weighted by Gasteiger charge is -2.20. The Kier molecular flexibility index (Phi) is 4.88. The van der Waals surface area contributed by atoms with Crippen molar-refractivity contribution < 1.29 is 4.79 Å². The van der Waals surface area contributed by atoms with Gasteiger partial charge < -0.3 is 14.8 Å². The number of nitrogens with one attached hydrogen (secondary N) is 1. The van der Waals surface area contributed by atoms with E-state index in [0.717, 1.165) is 43.7 Å². The number of carbonyl (C=O) groups is 1. The summed E-state index contributed by atoms with van der Waals surface area (Å²) < 4.78 is 1.93. The van der Waals surface area contributed by atoms with E-state index in [0.29, 0.717) is 6.54 Å². The molecule has 1 amide bonds. The van der Waals surface area contributed by atoms with Crippen LogP contribution in [0.4, 0.5) is 0 Å². The van der Waals surface area contributed by atoms with Gasteiger partial charge in [0.25, 0.3) is 5.91 Å². The van der Waals surface area contributed by atoms with Crippen LogP contribution in [0.3, 0.4) is 0 Å². The van der Waals surface area contributed by atoms with Gasteiger partial charge in [0, 0.05) is 56.3 Å². The highest BCUT2D eigenvalue weighted by Gasteiger charge is 2.17. The Morgan fingerprint density at radius 2 is 1.91 bits per heavy atom. The average Bonchev–Trinajstić information content (AvgIpc) is 2.86. The highest BCUT2D eigenvalue weighted by Crippen LogP contribution is 2.11. The van der Waals surface area contributed by atoms with E-state index in [1.165, 1.54) is 0 Å². The number of pyridine rings is 1. The maximum atomic E-state index is 12.7. The fourth-order valence-corrected chi connectivity index (χ4v) is 2.79. The Morgan fingerprint density at radius 3 is 2.74 bits per heavy atom. The number of hydrogen-bond acceptors (Lipinski definition) is 3. The molecule has 0 radical (unpaired) electrons. The summed E-state index contributed by atoms with van der Waals surface area (Å²) >= 11 is 0. The molecule has 0 aliphatic carbocycles. The third-order valence-electron chi connectivity index (χ3n) is 4.03. The van der Waals surface area contributed by atoms with E-state index in [1.807, 2.05) is 33.7 Å². The van der Waals surface area contributed by atoms with Crippen LogP contribution >= 0.6 is 0 Å². The molecule has 0 bridgehead atoms. The van der Waals surface area contributed by atoms with Crippen molar-refractivity contribution in [1.29, 1.82) is 0 Å². The molecule has 0 atom stereocenters. The Morgan fingerprint density at radius 1 is 1.09 bits per heavy atom. The van der Waals surface area contributed by atoms with Crippen molar-refractivity contribution in [1.82, 2.24) is 14.8 Å². The van der Waals surface area contributed by atoms with E-state index in [4.69, 9.17) is 0 Å². The van der Waals surface area contributed by atoms with Gasteiger partial charge >= 0.3 is 0 Å². The molecule has 1 saturated heterocycles. The van der Waals surface area contributed by atoms with Gasteiger partial charge in [-0.15, -0.1) is 0 Å². The summed E-state index contributed by atoms with van der Waals surface area (Å²) in [4.78, 5) is 25.7. The smallest absolute Gasteiger partial charge is 0.253 e. The first-order chi connectivity index (χ1) is 11.2. The van der Waals surface area contributed by atoms with Gasteiger partial charge in [0.15, 0.2) is 5.43 Å². The number of amides is 1. The van der Waals surface area contributed by atoms with Gasteiger partial charge in [-0.05, 0) is 30.7 Å². The van der Waals surface area contributed by atoms with Crippen molar-refractivity contribution in [2.45, 2.75) is 13.0 Å². The lowest BCUT2D eigenvalue weighted by atomic mass is 10.1. The van der Waals surface area contributed by atoms with Crippen molar-refractivity contribution >= 4 is 5.91 Å². The molecule has 5 nitrogen and oxygen atoms in total. The number of carbonyl (C=O) groups excluding carboxylic acids is 1. The van der Waals surface area contributed by atoms with Crippen LogP contribution in [0, 0.1) is 0 Å². The molecule has 23 heavy (non-hydrogen) atoms. The third kappa shape index (κ3) is 4.07. The van der Waals surface area contributed by atoms with Crippen molar-refractivity contribution in [2.24, 2.45) is 0 Å². The monoisotopic (exact) mass is 311 g/mol. The molecular formula is C18H21N3O2. The second-order valence-corrected chi connectivity index (χ2v) is 5.80. The minimum atomic E-state index is -0.0000449. The first-order valence-electron chi connectivity index (χ1n) is 7.97. The molecule has 3 rings (SSSR count). The Labute approximate surface area is 135 Å². The zero-order valence-electron chi connectivity index (χ0n) is 13.1. The van der Waals surface area contributed by atoms with Gasteiger partial charge in [0.05, 0.1) is 0 Å². The van der Waals surface area contributed by atoms with Crippen LogP contribution in [-0.4, -0.2) is 41.6 Å². The molecule has 1 aliphatic heterocycles. The van der Waals surface area contributed by atoms with E-state index < -0.39 is 0 Å². The average molecular weight is 311 g/mol. The minimum Gasteiger partial charge on any atom is -0.350 e. The number of hydrogen-bond donors (Lipinski definition) is 1. The molecule has 1 aliphatic rings. The molecule has 1 fully saturated rings. The molecule has 1 aromatic heterocycles. The second-order valence-electron chi connectivity index (χ2n) is 5.80. The van der Waals surface area contributed by atoms with Gasteiger partial charge in [0.2, 0.25) is 0 Å². The number of nitrogens with zero attached hydrogens (tertiary/aromatic N) is 2. The SMILES string of the molecule is O=C(c1cccc(Cn2ccc(=O)cc2)c1)N1CCCNCC1. The quantitative estimate of drug-likeness (QED) is 0.930. The molecule has 120 valence electrons. The fraction of sp³-hybridized carbons (Fsp3) is 0.333. The van der Waals surface area contributed by atoms with Crippen molar-refractivity contribution in [3.05, 3.63) is 70.1 Å². The lowest BCUT2D eigenvalue weighted by Crippen LogP contribution is -2.34. The van der Waals surface area contributed by atoms with E-state index in [2.05, 4.69) is 5.32 Å². The highest BCUT2D eigenvalue weighted by atomic mass is 16.2. The summed E-state index contributed by atoms with van der Waals surface area (Å²) in [6.07, 6.45) is 4.51. The first-order valence-corrected chi connectivity index (χ1v) is 7.97. The Hall–Kier alpha value is -2.40. The zero-order valence-corrected chi connectivity index (χ0v) is 13.1. The van der Waals surface area contributed by atoms with Crippen LogP contribution in [0.5, 0.6) is 0 Å². The summed E-state index contributed by atoms with van der Waals surface area (Å²) in [7, 11) is 0. The van der Waals surface area contributed by atoms with Gasteiger partial charge in [-0.1, -0.05) is 12.1 Å². The summed E-state index contributed by atoms with van der Waals surface area (Å²) in [5, 5.41) is 3.31. The first kappa shape index (κ1) is 15.5. The topological polar surface area (TPSA) is 54.3 Å². The summed E-state index contributed by atoms with van der Waals surface area (Å²) in [5.74, 6) is 0.0930. The molecule has 2 aromatic rings. The standard InChI is InChI=1S/C18H21N3O2/c22-17-5-10-20(11-6-17)14-15-3-1-4-16(13-15)18(23)21-9-2-7-19-8-12-21/h1,3-6,10-11,13,19H,2,7-9,12,14H2. The minimum absolute atomic E-state index is 0.0000449. The van der Waals surface area contributed by atoms with Crippen molar-refractivity contribution in [2.75, 3.05) is 26.2 Å². The second kappa shape index (κ2) is 7.24. The number of rotatable bonds is 3. The van der Waals surface area contributed by atoms with Gasteiger partial charge in [0.1, 0.15) is 0 Å². The third-order valence-corrected chi connectivity index (χ3v) is 4.03. The van der Waals surface area contributed by atoms with Crippen LogP contribution in [0.2, 0.25) is 0 Å². The fourth-order valence-electron chi connectivity index (χ4n) is 2.79. The molecule has 1 N–H and O–H groups in total. The highest BCUT2D eigenvalue weighted by molar-refractivity contribution is 5.94. The van der Waals surface area contributed by atoms with E-state index in [9.17, 15) is 9.59 Å². The molecule has 5 heteroatoms. The molecule has 2 heterocycles. The maximum Gasteiger partial charge on any atom is 0.253 e. The Bertz CT molecular complexity index is 711. The maximum absolute atomic E-state index is 12.7. The van der Waals surface area contributed by atoms with Gasteiger partial charge in [-0.2, -0.15) is 0 Å². The van der Waals surface area contributed by atoms with Crippen LogP contribution in [0.1, 0.15) is 22.3 Å². The van der Waals surface area contributed by atoms with Crippen LogP contribution in [0.25, 0.3) is 0 Å². The predicted octanol–water partition coefficient (Wildman–Crippen LogP) is 1.33. The van der Waals surface area contributed by atoms with Gasteiger partial charge in [-0.25, -0.2) is 0 Å². The van der Waals surface area contributed by atoms with E-state index in [-0.39, 0.29) is 11.3 Å². The molecule has 0 unspecified atom stereocenters. The van der Waals surface area contributed by atoms with Crippen LogP contribution < -0.4 is 10.7 Å². The number of aromatic nitrogens is 1.